The fraction of sp³-hybridized carbons (Fsp3) is 0.875. The summed E-state index contributed by atoms with van der Waals surface area (Å²) in [5, 5.41) is 30.7. The van der Waals surface area contributed by atoms with Crippen LogP contribution in [0, 0.1) is 4.91 Å². The van der Waals surface area contributed by atoms with E-state index in [-0.39, 0.29) is 0 Å². The first kappa shape index (κ1) is 14.3. The number of hydrogen-bond acceptors (Lipinski definition) is 8. The highest BCUT2D eigenvalue weighted by atomic mass is 32.2. The number of aliphatic hydroxyl groups excluding tert-OH is 3. The molecule has 1 saturated heterocycles. The van der Waals surface area contributed by atoms with Crippen LogP contribution in [0.4, 0.5) is 0 Å². The van der Waals surface area contributed by atoms with E-state index in [1.165, 1.54) is 6.92 Å². The summed E-state index contributed by atoms with van der Waals surface area (Å²) in [5.41, 5.74) is -0.952. The van der Waals surface area contributed by atoms with Crippen LogP contribution in [0.15, 0.2) is 4.58 Å². The fourth-order valence-electron chi connectivity index (χ4n) is 1.60. The Kier molecular flexibility index (Phi) is 5.28. The van der Waals surface area contributed by atoms with Crippen molar-refractivity contribution < 1.29 is 24.9 Å². The van der Waals surface area contributed by atoms with E-state index in [4.69, 9.17) is 9.84 Å². The molecule has 1 heterocycles. The second kappa shape index (κ2) is 6.26. The minimum Gasteiger partial charge on any atom is -0.394 e. The summed E-state index contributed by atoms with van der Waals surface area (Å²) in [6.07, 6.45) is -3.71. The number of nitrogens with one attached hydrogen (secondary N) is 1. The highest BCUT2D eigenvalue weighted by Crippen LogP contribution is 2.28. The van der Waals surface area contributed by atoms with Crippen molar-refractivity contribution >= 4 is 17.9 Å². The molecule has 1 aliphatic heterocycles. The van der Waals surface area contributed by atoms with E-state index < -0.39 is 42.3 Å². The van der Waals surface area contributed by atoms with Gasteiger partial charge in [0.15, 0.2) is 5.44 Å². The van der Waals surface area contributed by atoms with Crippen molar-refractivity contribution in [1.29, 1.82) is 0 Å². The van der Waals surface area contributed by atoms with Crippen LogP contribution in [0.25, 0.3) is 0 Å². The van der Waals surface area contributed by atoms with E-state index in [1.807, 2.05) is 0 Å². The van der Waals surface area contributed by atoms with Gasteiger partial charge in [-0.1, -0.05) is 0 Å². The number of nitrogens with zero attached hydrogens (tertiary/aromatic N) is 1. The van der Waals surface area contributed by atoms with Crippen LogP contribution in [-0.4, -0.2) is 57.6 Å². The SMILES string of the molecule is CC(=O)N[C@@H]1[C@@H](O)[C@H](O)[C@@H](CO)O[C@H]1SN=O. The molecule has 8 nitrogen and oxygen atoms in total. The number of ether oxygens (including phenoxy) is 1. The summed E-state index contributed by atoms with van der Waals surface area (Å²) >= 11 is 0.477. The zero-order valence-electron chi connectivity index (χ0n) is 9.02. The topological polar surface area (TPSA) is 128 Å². The molecule has 0 bridgehead atoms. The molecule has 0 radical (unpaired) electrons. The predicted octanol–water partition coefficient (Wildman–Crippen LogP) is -1.66. The van der Waals surface area contributed by atoms with Crippen molar-refractivity contribution in [2.24, 2.45) is 4.58 Å². The molecule has 0 aromatic heterocycles. The predicted molar refractivity (Wildman–Crippen MR) is 58.8 cm³/mol. The number of amides is 1. The van der Waals surface area contributed by atoms with Crippen molar-refractivity contribution in [3.63, 3.8) is 0 Å². The number of aliphatic hydroxyl groups is 3. The zero-order valence-corrected chi connectivity index (χ0v) is 9.83. The van der Waals surface area contributed by atoms with Crippen LogP contribution in [0.1, 0.15) is 6.92 Å². The first-order chi connectivity index (χ1) is 8.01. The second-order valence-electron chi connectivity index (χ2n) is 3.61. The number of nitroso groups, excluding NO2 is 1. The summed E-state index contributed by atoms with van der Waals surface area (Å²) in [7, 11) is 0. The quantitative estimate of drug-likeness (QED) is 0.354. The Morgan fingerprint density at radius 3 is 2.59 bits per heavy atom. The van der Waals surface area contributed by atoms with Gasteiger partial charge in [0.1, 0.15) is 18.3 Å². The maximum atomic E-state index is 10.9. The van der Waals surface area contributed by atoms with Crippen LogP contribution in [-0.2, 0) is 9.53 Å². The summed E-state index contributed by atoms with van der Waals surface area (Å²) in [4.78, 5) is 21.1. The highest BCUT2D eigenvalue weighted by Gasteiger charge is 2.45. The van der Waals surface area contributed by atoms with Gasteiger partial charge in [0.25, 0.3) is 0 Å². The van der Waals surface area contributed by atoms with E-state index >= 15 is 0 Å². The molecule has 0 aliphatic carbocycles. The monoisotopic (exact) mass is 266 g/mol. The molecule has 5 atom stereocenters. The average molecular weight is 266 g/mol. The lowest BCUT2D eigenvalue weighted by Gasteiger charge is -2.40. The van der Waals surface area contributed by atoms with Crippen LogP contribution in [0.2, 0.25) is 0 Å². The smallest absolute Gasteiger partial charge is 0.217 e. The number of hydrogen-bond donors (Lipinski definition) is 4. The molecule has 9 heteroatoms. The third kappa shape index (κ3) is 3.36. The Morgan fingerprint density at radius 2 is 2.12 bits per heavy atom. The van der Waals surface area contributed by atoms with Gasteiger partial charge in [-0.15, -0.1) is 4.91 Å². The largest absolute Gasteiger partial charge is 0.394 e. The highest BCUT2D eigenvalue weighted by molar-refractivity contribution is 7.98. The first-order valence-corrected chi connectivity index (χ1v) is 5.73. The van der Waals surface area contributed by atoms with E-state index in [0.29, 0.717) is 11.9 Å². The Balaban J connectivity index is 2.82. The van der Waals surface area contributed by atoms with Crippen LogP contribution in [0.5, 0.6) is 0 Å². The molecule has 1 fully saturated rings. The van der Waals surface area contributed by atoms with E-state index in [0.717, 1.165) is 0 Å². The van der Waals surface area contributed by atoms with Gasteiger partial charge in [0.2, 0.25) is 5.91 Å². The first-order valence-electron chi connectivity index (χ1n) is 4.89. The molecule has 1 aliphatic rings. The maximum absolute atomic E-state index is 10.9. The Hall–Kier alpha value is -0.740. The van der Waals surface area contributed by atoms with Gasteiger partial charge in [-0.25, -0.2) is 0 Å². The summed E-state index contributed by atoms with van der Waals surface area (Å²) < 4.78 is 7.73. The van der Waals surface area contributed by atoms with Crippen LogP contribution in [0.3, 0.4) is 0 Å². The minimum atomic E-state index is -1.35. The molecule has 98 valence electrons. The van der Waals surface area contributed by atoms with Gasteiger partial charge < -0.3 is 25.4 Å². The number of carbonyl (C=O) groups is 1. The normalized spacial score (nSPS) is 37.5. The van der Waals surface area contributed by atoms with Gasteiger partial charge in [-0.05, 0) is 0 Å². The molecule has 0 saturated carbocycles. The van der Waals surface area contributed by atoms with Crippen LogP contribution >= 0.6 is 11.9 Å². The molecule has 1 rings (SSSR count). The van der Waals surface area contributed by atoms with Gasteiger partial charge >= 0.3 is 0 Å². The molecular weight excluding hydrogens is 252 g/mol. The van der Waals surface area contributed by atoms with Gasteiger partial charge in [-0.3, -0.25) is 4.79 Å². The molecule has 0 aromatic rings. The molecular formula is C8H14N2O6S. The van der Waals surface area contributed by atoms with Crippen molar-refractivity contribution in [3.05, 3.63) is 4.91 Å². The Labute approximate surface area is 101 Å². The number of rotatable bonds is 4. The lowest BCUT2D eigenvalue weighted by atomic mass is 9.98. The maximum Gasteiger partial charge on any atom is 0.217 e. The summed E-state index contributed by atoms with van der Waals surface area (Å²) in [5.74, 6) is -0.441. The number of carbonyl (C=O) groups excluding carboxylic acids is 1. The molecule has 0 spiro atoms. The van der Waals surface area contributed by atoms with E-state index in [1.54, 1.807) is 0 Å². The molecule has 1 amide bonds. The average Bonchev–Trinajstić information content (AvgIpc) is 2.28. The molecule has 0 aromatic carbocycles. The van der Waals surface area contributed by atoms with Gasteiger partial charge in [0, 0.05) is 11.5 Å². The van der Waals surface area contributed by atoms with Gasteiger partial charge in [-0.2, -0.15) is 0 Å². The van der Waals surface area contributed by atoms with Crippen molar-refractivity contribution in [2.45, 2.75) is 36.7 Å². The van der Waals surface area contributed by atoms with Crippen molar-refractivity contribution in [2.75, 3.05) is 6.61 Å². The third-order valence-corrected chi connectivity index (χ3v) is 3.10. The Morgan fingerprint density at radius 1 is 1.47 bits per heavy atom. The van der Waals surface area contributed by atoms with Crippen LogP contribution < -0.4 is 5.32 Å². The molecule has 17 heavy (non-hydrogen) atoms. The molecule has 4 N–H and O–H groups in total. The zero-order chi connectivity index (χ0) is 13.0. The minimum absolute atomic E-state index is 0.441. The van der Waals surface area contributed by atoms with E-state index in [2.05, 4.69) is 9.90 Å². The summed E-state index contributed by atoms with van der Waals surface area (Å²) in [6, 6.07) is -0.965. The van der Waals surface area contributed by atoms with Gasteiger partial charge in [0.05, 0.1) is 24.6 Å². The molecule has 0 unspecified atom stereocenters. The van der Waals surface area contributed by atoms with E-state index in [9.17, 15) is 19.9 Å². The Bertz CT molecular complexity index is 291. The lowest BCUT2D eigenvalue weighted by molar-refractivity contribution is -0.173. The second-order valence-corrected chi connectivity index (χ2v) is 4.44. The fourth-order valence-corrected chi connectivity index (χ4v) is 2.24. The van der Waals surface area contributed by atoms with Crippen molar-refractivity contribution in [3.8, 4) is 0 Å². The van der Waals surface area contributed by atoms with Crippen molar-refractivity contribution in [1.82, 2.24) is 5.32 Å². The lowest BCUT2D eigenvalue weighted by Crippen LogP contribution is -2.63. The summed E-state index contributed by atoms with van der Waals surface area (Å²) in [6.45, 7) is 0.717. The third-order valence-electron chi connectivity index (χ3n) is 2.40. The standard InChI is InChI=1S/C8H14N2O6S/c1-3(12)9-5-7(14)6(13)4(2-11)16-8(5)17-10-15/h4-8,11,13-14H,2H2,1H3,(H,9,12)/t4-,5-,6-,7-,8+/m1/s1.